The molecule has 4 rings (SSSR count). The Morgan fingerprint density at radius 1 is 0.909 bits per heavy atom. The van der Waals surface area contributed by atoms with Crippen molar-refractivity contribution in [3.05, 3.63) is 72.8 Å². The number of carboxylic acid groups (broad SMARTS) is 1. The summed E-state index contributed by atoms with van der Waals surface area (Å²) >= 11 is 0. The first kappa shape index (κ1) is 14.1. The average molecular weight is 288 g/mol. The number of hydrogen-bond donors (Lipinski definition) is 1. The summed E-state index contributed by atoms with van der Waals surface area (Å²) in [6, 6.07) is 19.9. The van der Waals surface area contributed by atoms with Crippen LogP contribution in [0.2, 0.25) is 0 Å². The molecule has 0 aliphatic heterocycles. The third-order valence-corrected chi connectivity index (χ3v) is 3.92. The SMILES string of the molecule is C=CC(=O)O.Cc1ccc2ccc3cccc4ccc1c2c34. The van der Waals surface area contributed by atoms with Crippen LogP contribution >= 0.6 is 0 Å². The molecule has 4 aromatic carbocycles. The van der Waals surface area contributed by atoms with Crippen molar-refractivity contribution in [3.8, 4) is 0 Å². The summed E-state index contributed by atoms with van der Waals surface area (Å²) in [6.07, 6.45) is 0.833. The van der Waals surface area contributed by atoms with E-state index in [9.17, 15) is 4.79 Å². The van der Waals surface area contributed by atoms with Crippen molar-refractivity contribution >= 4 is 38.3 Å². The van der Waals surface area contributed by atoms with E-state index in [-0.39, 0.29) is 0 Å². The fourth-order valence-corrected chi connectivity index (χ4v) is 2.88. The van der Waals surface area contributed by atoms with Gasteiger partial charge in [-0.3, -0.25) is 0 Å². The van der Waals surface area contributed by atoms with Crippen LogP contribution in [0.4, 0.5) is 0 Å². The molecule has 2 heteroatoms. The van der Waals surface area contributed by atoms with Crippen LogP contribution in [0, 0.1) is 6.92 Å². The summed E-state index contributed by atoms with van der Waals surface area (Å²) in [5, 5.41) is 15.8. The second-order valence-electron chi connectivity index (χ2n) is 5.28. The van der Waals surface area contributed by atoms with Crippen LogP contribution in [0.5, 0.6) is 0 Å². The highest BCUT2D eigenvalue weighted by atomic mass is 16.4. The molecule has 0 atom stereocenters. The van der Waals surface area contributed by atoms with E-state index in [1.54, 1.807) is 0 Å². The van der Waals surface area contributed by atoms with E-state index in [4.69, 9.17) is 5.11 Å². The van der Waals surface area contributed by atoms with Gasteiger partial charge in [0.2, 0.25) is 0 Å². The molecule has 0 aliphatic rings. The molecular formula is C20H16O2. The number of hydrogen-bond acceptors (Lipinski definition) is 1. The Balaban J connectivity index is 0.000000254. The Kier molecular flexibility index (Phi) is 3.51. The van der Waals surface area contributed by atoms with Crippen LogP contribution in [0.15, 0.2) is 67.3 Å². The predicted octanol–water partition coefficient (Wildman–Crippen LogP) is 5.15. The summed E-state index contributed by atoms with van der Waals surface area (Å²) in [5.41, 5.74) is 1.36. The molecule has 0 amide bonds. The number of aryl methyl sites for hydroxylation is 1. The minimum Gasteiger partial charge on any atom is -0.478 e. The Hall–Kier alpha value is -2.87. The van der Waals surface area contributed by atoms with Gasteiger partial charge in [-0.15, -0.1) is 0 Å². The van der Waals surface area contributed by atoms with Gasteiger partial charge < -0.3 is 5.11 Å². The van der Waals surface area contributed by atoms with Crippen molar-refractivity contribution in [1.82, 2.24) is 0 Å². The second-order valence-corrected chi connectivity index (χ2v) is 5.28. The van der Waals surface area contributed by atoms with Gasteiger partial charge in [0.1, 0.15) is 0 Å². The molecule has 0 aliphatic carbocycles. The fraction of sp³-hybridized carbons (Fsp3) is 0.0500. The first-order chi connectivity index (χ1) is 10.6. The molecule has 0 radical (unpaired) electrons. The summed E-state index contributed by atoms with van der Waals surface area (Å²) in [6.45, 7) is 5.15. The van der Waals surface area contributed by atoms with Crippen LogP contribution in [-0.4, -0.2) is 11.1 Å². The molecule has 2 nitrogen and oxygen atoms in total. The minimum atomic E-state index is -0.981. The van der Waals surface area contributed by atoms with Crippen LogP contribution in [-0.2, 0) is 4.79 Å². The highest BCUT2D eigenvalue weighted by Gasteiger charge is 2.08. The number of aliphatic carboxylic acids is 1. The average Bonchev–Trinajstić information content (AvgIpc) is 2.55. The molecule has 0 aromatic heterocycles. The Morgan fingerprint density at radius 3 is 2.00 bits per heavy atom. The van der Waals surface area contributed by atoms with Crippen LogP contribution in [0.1, 0.15) is 5.56 Å². The molecule has 0 spiro atoms. The Labute approximate surface area is 128 Å². The zero-order chi connectivity index (χ0) is 15.7. The summed E-state index contributed by atoms with van der Waals surface area (Å²) in [4.78, 5) is 9.25. The lowest BCUT2D eigenvalue weighted by atomic mass is 9.92. The maximum atomic E-state index is 9.25. The van der Waals surface area contributed by atoms with Gasteiger partial charge >= 0.3 is 5.97 Å². The zero-order valence-electron chi connectivity index (χ0n) is 12.3. The first-order valence-electron chi connectivity index (χ1n) is 7.10. The van der Waals surface area contributed by atoms with E-state index in [1.165, 1.54) is 37.9 Å². The maximum Gasteiger partial charge on any atom is 0.327 e. The monoisotopic (exact) mass is 288 g/mol. The van der Waals surface area contributed by atoms with Gasteiger partial charge in [0.25, 0.3) is 0 Å². The van der Waals surface area contributed by atoms with Crippen LogP contribution in [0.3, 0.4) is 0 Å². The lowest BCUT2D eigenvalue weighted by Gasteiger charge is -2.11. The number of benzene rings is 4. The Morgan fingerprint density at radius 2 is 1.41 bits per heavy atom. The second kappa shape index (κ2) is 5.49. The largest absolute Gasteiger partial charge is 0.478 e. The molecule has 0 saturated heterocycles. The van der Waals surface area contributed by atoms with Crippen molar-refractivity contribution in [1.29, 1.82) is 0 Å². The number of rotatable bonds is 1. The first-order valence-corrected chi connectivity index (χ1v) is 7.10. The lowest BCUT2D eigenvalue weighted by molar-refractivity contribution is -0.131. The summed E-state index contributed by atoms with van der Waals surface area (Å²) in [5.74, 6) is -0.981. The van der Waals surface area contributed by atoms with Gasteiger partial charge in [0.05, 0.1) is 0 Å². The van der Waals surface area contributed by atoms with Crippen molar-refractivity contribution in [2.45, 2.75) is 6.92 Å². The smallest absolute Gasteiger partial charge is 0.327 e. The van der Waals surface area contributed by atoms with Crippen molar-refractivity contribution < 1.29 is 9.90 Å². The van der Waals surface area contributed by atoms with Gasteiger partial charge in [0.15, 0.2) is 0 Å². The molecule has 0 unspecified atom stereocenters. The molecule has 0 heterocycles. The zero-order valence-corrected chi connectivity index (χ0v) is 12.3. The lowest BCUT2D eigenvalue weighted by Crippen LogP contribution is -1.85. The van der Waals surface area contributed by atoms with Crippen LogP contribution < -0.4 is 0 Å². The normalized spacial score (nSPS) is 10.6. The molecular weight excluding hydrogens is 272 g/mol. The highest BCUT2D eigenvalue weighted by molar-refractivity contribution is 6.23. The number of carbonyl (C=O) groups is 1. The predicted molar refractivity (Wildman–Crippen MR) is 92.7 cm³/mol. The molecule has 22 heavy (non-hydrogen) atoms. The van der Waals surface area contributed by atoms with E-state index >= 15 is 0 Å². The van der Waals surface area contributed by atoms with Crippen molar-refractivity contribution in [2.24, 2.45) is 0 Å². The van der Waals surface area contributed by atoms with E-state index in [0.717, 1.165) is 6.08 Å². The molecule has 0 fully saturated rings. The van der Waals surface area contributed by atoms with Gasteiger partial charge in [-0.05, 0) is 44.8 Å². The summed E-state index contributed by atoms with van der Waals surface area (Å²) < 4.78 is 0. The van der Waals surface area contributed by atoms with Crippen molar-refractivity contribution in [3.63, 3.8) is 0 Å². The maximum absolute atomic E-state index is 9.25. The quantitative estimate of drug-likeness (QED) is 0.388. The molecule has 4 aromatic rings. The third-order valence-electron chi connectivity index (χ3n) is 3.92. The van der Waals surface area contributed by atoms with Gasteiger partial charge in [-0.2, -0.15) is 0 Å². The minimum absolute atomic E-state index is 0.833. The molecule has 0 saturated carbocycles. The third kappa shape index (κ3) is 2.29. The Bertz CT molecular complexity index is 967. The van der Waals surface area contributed by atoms with E-state index in [2.05, 4.69) is 68.1 Å². The van der Waals surface area contributed by atoms with Gasteiger partial charge in [-0.25, -0.2) is 4.79 Å². The van der Waals surface area contributed by atoms with Crippen molar-refractivity contribution in [2.75, 3.05) is 0 Å². The van der Waals surface area contributed by atoms with E-state index < -0.39 is 5.97 Å². The van der Waals surface area contributed by atoms with Gasteiger partial charge in [0, 0.05) is 6.08 Å². The molecule has 0 bridgehead atoms. The van der Waals surface area contributed by atoms with Gasteiger partial charge in [-0.1, -0.05) is 61.2 Å². The fourth-order valence-electron chi connectivity index (χ4n) is 2.88. The van der Waals surface area contributed by atoms with E-state index in [1.807, 2.05) is 0 Å². The number of carboxylic acids is 1. The standard InChI is InChI=1S/C17H12.C3H4O2/c1-11-5-6-14-8-7-12-3-2-4-13-9-10-15(11)17(14)16(12)13;1-2-3(4)5/h2-10H,1H3;2H,1H2,(H,4,5). The summed E-state index contributed by atoms with van der Waals surface area (Å²) in [7, 11) is 0. The topological polar surface area (TPSA) is 37.3 Å². The molecule has 1 N–H and O–H groups in total. The van der Waals surface area contributed by atoms with Crippen LogP contribution in [0.25, 0.3) is 32.3 Å². The highest BCUT2D eigenvalue weighted by Crippen LogP contribution is 2.35. The van der Waals surface area contributed by atoms with E-state index in [0.29, 0.717) is 0 Å². The molecule has 108 valence electrons.